The third-order valence-electron chi connectivity index (χ3n) is 5.11. The van der Waals surface area contributed by atoms with E-state index in [0.717, 1.165) is 29.4 Å². The lowest BCUT2D eigenvalue weighted by Crippen LogP contribution is -2.42. The molecule has 5 nitrogen and oxygen atoms in total. The third kappa shape index (κ3) is 3.30. The Morgan fingerprint density at radius 2 is 1.88 bits per heavy atom. The lowest BCUT2D eigenvalue weighted by Gasteiger charge is -2.36. The molecule has 0 atom stereocenters. The monoisotopic (exact) mass is 347 g/mol. The number of carbonyl (C=O) groups is 1. The van der Waals surface area contributed by atoms with E-state index < -0.39 is 5.41 Å². The number of carbonyl (C=O) groups excluding carboxylic acids is 1. The van der Waals surface area contributed by atoms with E-state index in [0.29, 0.717) is 19.6 Å². The molecule has 1 N–H and O–H groups in total. The highest BCUT2D eigenvalue weighted by Crippen LogP contribution is 2.36. The fraction of sp³-hybridized carbons (Fsp3) is 0.286. The van der Waals surface area contributed by atoms with Crippen LogP contribution in [0.4, 0.5) is 5.69 Å². The lowest BCUT2D eigenvalue weighted by molar-refractivity contribution is -0.131. The van der Waals surface area contributed by atoms with Gasteiger partial charge in [-0.15, -0.1) is 0 Å². The molecule has 132 valence electrons. The predicted octanol–water partition coefficient (Wildman–Crippen LogP) is 3.61. The van der Waals surface area contributed by atoms with E-state index in [4.69, 9.17) is 4.74 Å². The number of nitrogens with zero attached hydrogens (tertiary/aromatic N) is 2. The molecular formula is C21H21N3O2. The first-order chi connectivity index (χ1) is 12.8. The van der Waals surface area contributed by atoms with Gasteiger partial charge in [-0.25, -0.2) is 0 Å². The summed E-state index contributed by atoms with van der Waals surface area (Å²) in [6.07, 6.45) is 7.31. The number of fused-ring (bicyclic) bond motifs is 1. The number of aromatic nitrogens is 2. The zero-order chi connectivity index (χ0) is 17.8. The molecule has 0 bridgehead atoms. The Kier molecular flexibility index (Phi) is 4.63. The Morgan fingerprint density at radius 3 is 2.69 bits per heavy atom. The first kappa shape index (κ1) is 16.7. The zero-order valence-electron chi connectivity index (χ0n) is 14.5. The van der Waals surface area contributed by atoms with Gasteiger partial charge < -0.3 is 10.1 Å². The van der Waals surface area contributed by atoms with Gasteiger partial charge in [0, 0.05) is 37.2 Å². The number of rotatable bonds is 4. The van der Waals surface area contributed by atoms with E-state index in [1.54, 1.807) is 18.6 Å². The maximum atomic E-state index is 13.3. The van der Waals surface area contributed by atoms with Crippen LogP contribution in [0.15, 0.2) is 61.1 Å². The molecule has 2 aromatic heterocycles. The maximum Gasteiger partial charge on any atom is 0.231 e. The molecule has 0 spiro atoms. The third-order valence-corrected chi connectivity index (χ3v) is 5.11. The number of pyridine rings is 2. The molecule has 26 heavy (non-hydrogen) atoms. The van der Waals surface area contributed by atoms with Crippen molar-refractivity contribution in [2.45, 2.75) is 19.3 Å². The number of hydrogen-bond acceptors (Lipinski definition) is 4. The molecule has 3 aromatic rings. The van der Waals surface area contributed by atoms with Crippen LogP contribution >= 0.6 is 0 Å². The van der Waals surface area contributed by atoms with Gasteiger partial charge >= 0.3 is 0 Å². The van der Waals surface area contributed by atoms with Crippen molar-refractivity contribution in [1.29, 1.82) is 0 Å². The number of anilines is 1. The minimum absolute atomic E-state index is 0.0426. The highest BCUT2D eigenvalue weighted by Gasteiger charge is 2.40. The Balaban J connectivity index is 1.64. The molecule has 1 saturated heterocycles. The fourth-order valence-electron chi connectivity index (χ4n) is 3.59. The second-order valence-electron chi connectivity index (χ2n) is 6.76. The number of nitrogens with one attached hydrogen (secondary N) is 1. The summed E-state index contributed by atoms with van der Waals surface area (Å²) in [4.78, 5) is 21.8. The molecule has 1 aliphatic rings. The molecule has 1 amide bonds. The summed E-state index contributed by atoms with van der Waals surface area (Å²) in [6, 6.07) is 13.9. The minimum atomic E-state index is -0.461. The summed E-state index contributed by atoms with van der Waals surface area (Å²) in [7, 11) is 0. The minimum Gasteiger partial charge on any atom is -0.381 e. The SMILES string of the molecule is O=C(Nc1ccnc2ccncc12)C1(Cc2ccccc2)CCOCC1. The van der Waals surface area contributed by atoms with Crippen molar-refractivity contribution in [3.05, 3.63) is 66.6 Å². The molecule has 5 heteroatoms. The van der Waals surface area contributed by atoms with Crippen LogP contribution in [0.5, 0.6) is 0 Å². The van der Waals surface area contributed by atoms with E-state index in [1.165, 1.54) is 5.56 Å². The lowest BCUT2D eigenvalue weighted by atomic mass is 9.74. The van der Waals surface area contributed by atoms with Crippen LogP contribution in [0, 0.1) is 5.41 Å². The van der Waals surface area contributed by atoms with E-state index in [9.17, 15) is 4.79 Å². The van der Waals surface area contributed by atoms with Crippen molar-refractivity contribution in [2.24, 2.45) is 5.41 Å². The average molecular weight is 347 g/mol. The number of benzene rings is 1. The van der Waals surface area contributed by atoms with Crippen molar-refractivity contribution < 1.29 is 9.53 Å². The Morgan fingerprint density at radius 1 is 1.08 bits per heavy atom. The van der Waals surface area contributed by atoms with Gasteiger partial charge in [0.05, 0.1) is 16.6 Å². The van der Waals surface area contributed by atoms with Crippen LogP contribution in [0.25, 0.3) is 10.9 Å². The van der Waals surface area contributed by atoms with Gasteiger partial charge in [-0.2, -0.15) is 0 Å². The standard InChI is InChI=1S/C21H21N3O2/c25-20(24-19-7-11-23-18-6-10-22-15-17(18)19)21(8-12-26-13-9-21)14-16-4-2-1-3-5-16/h1-7,10-11,15H,8-9,12-14H2,(H,23,24,25). The van der Waals surface area contributed by atoms with Crippen molar-refractivity contribution >= 4 is 22.5 Å². The van der Waals surface area contributed by atoms with E-state index in [1.807, 2.05) is 30.3 Å². The first-order valence-corrected chi connectivity index (χ1v) is 8.89. The van der Waals surface area contributed by atoms with Crippen LogP contribution < -0.4 is 5.32 Å². The van der Waals surface area contributed by atoms with Crippen molar-refractivity contribution in [3.8, 4) is 0 Å². The van der Waals surface area contributed by atoms with Gasteiger partial charge in [0.15, 0.2) is 0 Å². The highest BCUT2D eigenvalue weighted by atomic mass is 16.5. The zero-order valence-corrected chi connectivity index (χ0v) is 14.5. The molecular weight excluding hydrogens is 326 g/mol. The molecule has 3 heterocycles. The van der Waals surface area contributed by atoms with Gasteiger partial charge in [0.1, 0.15) is 0 Å². The first-order valence-electron chi connectivity index (χ1n) is 8.89. The topological polar surface area (TPSA) is 64.1 Å². The van der Waals surface area contributed by atoms with Gasteiger partial charge in [0.2, 0.25) is 5.91 Å². The summed E-state index contributed by atoms with van der Waals surface area (Å²) < 4.78 is 5.53. The summed E-state index contributed by atoms with van der Waals surface area (Å²) >= 11 is 0. The number of ether oxygens (including phenoxy) is 1. The second-order valence-corrected chi connectivity index (χ2v) is 6.76. The van der Waals surface area contributed by atoms with Gasteiger partial charge in [-0.05, 0) is 37.0 Å². The van der Waals surface area contributed by atoms with Crippen LogP contribution in [0.3, 0.4) is 0 Å². The summed E-state index contributed by atoms with van der Waals surface area (Å²) in [5.74, 6) is 0.0426. The maximum absolute atomic E-state index is 13.3. The Hall–Kier alpha value is -2.79. The molecule has 0 unspecified atom stereocenters. The largest absolute Gasteiger partial charge is 0.381 e. The Labute approximate surface area is 152 Å². The van der Waals surface area contributed by atoms with Crippen molar-refractivity contribution in [3.63, 3.8) is 0 Å². The highest BCUT2D eigenvalue weighted by molar-refractivity contribution is 6.02. The molecule has 0 aliphatic carbocycles. The summed E-state index contributed by atoms with van der Waals surface area (Å²) in [5.41, 5.74) is 2.29. The van der Waals surface area contributed by atoms with Crippen LogP contribution in [0.2, 0.25) is 0 Å². The molecule has 0 radical (unpaired) electrons. The Bertz CT molecular complexity index is 900. The van der Waals surface area contributed by atoms with Gasteiger partial charge in [0.25, 0.3) is 0 Å². The molecule has 1 aromatic carbocycles. The van der Waals surface area contributed by atoms with Crippen molar-refractivity contribution in [1.82, 2.24) is 9.97 Å². The van der Waals surface area contributed by atoms with Gasteiger partial charge in [-0.3, -0.25) is 14.8 Å². The summed E-state index contributed by atoms with van der Waals surface area (Å²) in [5, 5.41) is 3.99. The van der Waals surface area contributed by atoms with Crippen LogP contribution in [0.1, 0.15) is 18.4 Å². The normalized spacial score (nSPS) is 16.3. The van der Waals surface area contributed by atoms with Crippen molar-refractivity contribution in [2.75, 3.05) is 18.5 Å². The molecule has 1 fully saturated rings. The fourth-order valence-corrected chi connectivity index (χ4v) is 3.59. The van der Waals surface area contributed by atoms with Crippen LogP contribution in [-0.4, -0.2) is 29.1 Å². The quantitative estimate of drug-likeness (QED) is 0.783. The smallest absolute Gasteiger partial charge is 0.231 e. The predicted molar refractivity (Wildman–Crippen MR) is 101 cm³/mol. The van der Waals surface area contributed by atoms with E-state index in [-0.39, 0.29) is 5.91 Å². The summed E-state index contributed by atoms with van der Waals surface area (Å²) in [6.45, 7) is 1.22. The van der Waals surface area contributed by atoms with Crippen LogP contribution in [-0.2, 0) is 16.0 Å². The van der Waals surface area contributed by atoms with Gasteiger partial charge in [-0.1, -0.05) is 30.3 Å². The molecule has 4 rings (SSSR count). The van der Waals surface area contributed by atoms with E-state index >= 15 is 0 Å². The molecule has 0 saturated carbocycles. The number of amides is 1. The van der Waals surface area contributed by atoms with E-state index in [2.05, 4.69) is 27.4 Å². The number of hydrogen-bond donors (Lipinski definition) is 1. The molecule has 1 aliphatic heterocycles. The second kappa shape index (κ2) is 7.22. The average Bonchev–Trinajstić information content (AvgIpc) is 2.70.